The second-order valence-corrected chi connectivity index (χ2v) is 11.3. The van der Waals surface area contributed by atoms with Gasteiger partial charge < -0.3 is 5.11 Å². The highest BCUT2D eigenvalue weighted by atomic mass is 32.2. The molecule has 1 heterocycles. The number of nitrogens with zero attached hydrogens (tertiary/aromatic N) is 1. The van der Waals surface area contributed by atoms with Gasteiger partial charge in [-0.1, -0.05) is 78.5 Å². The van der Waals surface area contributed by atoms with Crippen molar-refractivity contribution >= 4 is 59.8 Å². The van der Waals surface area contributed by atoms with E-state index in [1.54, 1.807) is 30.3 Å². The van der Waals surface area contributed by atoms with Gasteiger partial charge in [0.2, 0.25) is 10.0 Å². The first kappa shape index (κ1) is 20.8. The summed E-state index contributed by atoms with van der Waals surface area (Å²) in [6, 6.07) is 25.8. The predicted octanol–water partition coefficient (Wildman–Crippen LogP) is 6.25. The Bertz CT molecular complexity index is 1500. The Balaban J connectivity index is 1.54. The number of hydrogen-bond acceptors (Lipinski definition) is 6. The van der Waals surface area contributed by atoms with Gasteiger partial charge in [-0.25, -0.2) is 13.4 Å². The fraction of sp³-hybridized carbons (Fsp3) is 0.0417. The fourth-order valence-corrected chi connectivity index (χ4v) is 6.81. The summed E-state index contributed by atoms with van der Waals surface area (Å²) in [5, 5.41) is 12.1. The van der Waals surface area contributed by atoms with E-state index < -0.39 is 10.0 Å². The lowest BCUT2D eigenvalue weighted by Gasteiger charge is -2.14. The standard InChI is InChI=1S/C24H18N2O3S3/c27-23-18-11-5-4-10-17(18)20(26-32(28,29)15-16-8-2-1-3-9-16)14-22(23)31-24-25-19-12-6-7-13-21(19)30-24/h1-14,26-27H,15H2. The molecule has 0 aliphatic heterocycles. The normalized spacial score (nSPS) is 11.8. The third-order valence-electron chi connectivity index (χ3n) is 4.92. The molecule has 32 heavy (non-hydrogen) atoms. The number of nitrogens with one attached hydrogen (secondary N) is 1. The van der Waals surface area contributed by atoms with Crippen LogP contribution < -0.4 is 4.72 Å². The van der Waals surface area contributed by atoms with Crippen LogP contribution in [0.5, 0.6) is 5.75 Å². The average Bonchev–Trinajstić information content (AvgIpc) is 3.19. The molecule has 0 fully saturated rings. The number of sulfonamides is 1. The lowest BCUT2D eigenvalue weighted by atomic mass is 10.1. The van der Waals surface area contributed by atoms with Crippen molar-refractivity contribution < 1.29 is 13.5 Å². The highest BCUT2D eigenvalue weighted by Crippen LogP contribution is 2.44. The average molecular weight is 479 g/mol. The third kappa shape index (κ3) is 4.29. The lowest BCUT2D eigenvalue weighted by molar-refractivity contribution is 0.469. The van der Waals surface area contributed by atoms with E-state index in [4.69, 9.17) is 0 Å². The summed E-state index contributed by atoms with van der Waals surface area (Å²) in [6.07, 6.45) is 0. The minimum absolute atomic E-state index is 0.107. The zero-order valence-corrected chi connectivity index (χ0v) is 19.2. The molecule has 0 spiro atoms. The maximum Gasteiger partial charge on any atom is 0.236 e. The number of phenolic OH excluding ortho intramolecular Hbond substituents is 1. The van der Waals surface area contributed by atoms with Crippen molar-refractivity contribution in [3.8, 4) is 5.75 Å². The molecule has 8 heteroatoms. The van der Waals surface area contributed by atoms with Crippen molar-refractivity contribution in [2.45, 2.75) is 15.0 Å². The van der Waals surface area contributed by atoms with Crippen molar-refractivity contribution in [1.29, 1.82) is 0 Å². The molecule has 0 aliphatic rings. The summed E-state index contributed by atoms with van der Waals surface area (Å²) >= 11 is 2.85. The number of aromatic hydroxyl groups is 1. The highest BCUT2D eigenvalue weighted by molar-refractivity contribution is 8.01. The number of rotatable bonds is 6. The second-order valence-electron chi connectivity index (χ2n) is 7.21. The number of anilines is 1. The van der Waals surface area contributed by atoms with E-state index in [1.807, 2.05) is 54.6 Å². The molecule has 0 aliphatic carbocycles. The number of phenols is 1. The van der Waals surface area contributed by atoms with Gasteiger partial charge in [0, 0.05) is 10.8 Å². The van der Waals surface area contributed by atoms with Gasteiger partial charge in [0.1, 0.15) is 5.75 Å². The van der Waals surface area contributed by atoms with Crippen molar-refractivity contribution in [2.24, 2.45) is 0 Å². The molecule has 5 nitrogen and oxygen atoms in total. The molecule has 0 unspecified atom stereocenters. The van der Waals surface area contributed by atoms with Gasteiger partial charge >= 0.3 is 0 Å². The zero-order valence-electron chi connectivity index (χ0n) is 16.7. The number of aromatic nitrogens is 1. The summed E-state index contributed by atoms with van der Waals surface area (Å²) in [5.41, 5.74) is 2.02. The number of hydrogen-bond donors (Lipinski definition) is 2. The van der Waals surface area contributed by atoms with E-state index >= 15 is 0 Å². The van der Waals surface area contributed by atoms with Crippen molar-refractivity contribution in [3.63, 3.8) is 0 Å². The highest BCUT2D eigenvalue weighted by Gasteiger charge is 2.18. The third-order valence-corrected chi connectivity index (χ3v) is 8.29. The van der Waals surface area contributed by atoms with Crippen LogP contribution in [0.3, 0.4) is 0 Å². The Morgan fingerprint density at radius 1 is 0.906 bits per heavy atom. The first-order valence-corrected chi connectivity index (χ1v) is 13.1. The topological polar surface area (TPSA) is 79.3 Å². The first-order valence-electron chi connectivity index (χ1n) is 9.81. The molecular weight excluding hydrogens is 460 g/mol. The van der Waals surface area contributed by atoms with Gasteiger partial charge in [0.05, 0.1) is 26.6 Å². The molecule has 160 valence electrons. The Hall–Kier alpha value is -3.07. The quantitative estimate of drug-likeness (QED) is 0.282. The maximum absolute atomic E-state index is 12.9. The minimum Gasteiger partial charge on any atom is -0.506 e. The molecular formula is C24H18N2O3S3. The van der Waals surface area contributed by atoms with Gasteiger partial charge in [-0.2, -0.15) is 0 Å². The van der Waals surface area contributed by atoms with Gasteiger partial charge in [-0.3, -0.25) is 4.72 Å². The van der Waals surface area contributed by atoms with E-state index in [1.165, 1.54) is 23.1 Å². The van der Waals surface area contributed by atoms with Crippen LogP contribution >= 0.6 is 23.1 Å². The van der Waals surface area contributed by atoms with Crippen LogP contribution in [0.1, 0.15) is 5.56 Å². The number of para-hydroxylation sites is 1. The van der Waals surface area contributed by atoms with Crippen molar-refractivity contribution in [1.82, 2.24) is 4.98 Å². The molecule has 0 radical (unpaired) electrons. The Kier molecular flexibility index (Phi) is 5.50. The summed E-state index contributed by atoms with van der Waals surface area (Å²) in [4.78, 5) is 5.16. The van der Waals surface area contributed by atoms with Crippen LogP contribution in [0.4, 0.5) is 5.69 Å². The zero-order chi connectivity index (χ0) is 22.1. The van der Waals surface area contributed by atoms with E-state index in [0.29, 0.717) is 26.9 Å². The Morgan fingerprint density at radius 3 is 2.38 bits per heavy atom. The van der Waals surface area contributed by atoms with E-state index in [0.717, 1.165) is 14.6 Å². The van der Waals surface area contributed by atoms with Crippen LogP contribution in [-0.4, -0.2) is 18.5 Å². The van der Waals surface area contributed by atoms with Gasteiger partial charge in [-0.05, 0) is 23.8 Å². The predicted molar refractivity (Wildman–Crippen MR) is 132 cm³/mol. The molecule has 5 aromatic rings. The van der Waals surface area contributed by atoms with Crippen LogP contribution in [-0.2, 0) is 15.8 Å². The van der Waals surface area contributed by atoms with E-state index in [-0.39, 0.29) is 11.5 Å². The second kappa shape index (κ2) is 8.46. The van der Waals surface area contributed by atoms with Crippen LogP contribution in [0.2, 0.25) is 0 Å². The Labute approximate surface area is 193 Å². The molecule has 4 aromatic carbocycles. The molecule has 0 bridgehead atoms. The minimum atomic E-state index is -3.66. The maximum atomic E-state index is 12.9. The fourth-order valence-electron chi connectivity index (χ4n) is 3.48. The largest absolute Gasteiger partial charge is 0.506 e. The summed E-state index contributed by atoms with van der Waals surface area (Å²) in [7, 11) is -3.66. The SMILES string of the molecule is O=S(=O)(Cc1ccccc1)Nc1cc(Sc2nc3ccccc3s2)c(O)c2ccccc12. The molecule has 5 rings (SSSR count). The van der Waals surface area contributed by atoms with Crippen molar-refractivity contribution in [2.75, 3.05) is 4.72 Å². The van der Waals surface area contributed by atoms with Gasteiger partial charge in [-0.15, -0.1) is 11.3 Å². The molecule has 0 atom stereocenters. The van der Waals surface area contributed by atoms with E-state index in [9.17, 15) is 13.5 Å². The monoisotopic (exact) mass is 478 g/mol. The molecule has 0 saturated heterocycles. The summed E-state index contributed by atoms with van der Waals surface area (Å²) in [5.74, 6) is -0.0282. The first-order chi connectivity index (χ1) is 15.5. The number of thiazole rings is 1. The lowest BCUT2D eigenvalue weighted by Crippen LogP contribution is -2.15. The van der Waals surface area contributed by atoms with Crippen molar-refractivity contribution in [3.05, 3.63) is 90.5 Å². The molecule has 0 amide bonds. The number of benzene rings is 4. The van der Waals surface area contributed by atoms with Gasteiger partial charge in [0.15, 0.2) is 4.34 Å². The molecule has 1 aromatic heterocycles. The van der Waals surface area contributed by atoms with E-state index in [2.05, 4.69) is 9.71 Å². The van der Waals surface area contributed by atoms with Gasteiger partial charge in [0.25, 0.3) is 0 Å². The molecule has 2 N–H and O–H groups in total. The summed E-state index contributed by atoms with van der Waals surface area (Å²) in [6.45, 7) is 0. The summed E-state index contributed by atoms with van der Waals surface area (Å²) < 4.78 is 30.3. The van der Waals surface area contributed by atoms with Crippen LogP contribution in [0.25, 0.3) is 21.0 Å². The smallest absolute Gasteiger partial charge is 0.236 e. The molecule has 0 saturated carbocycles. The Morgan fingerprint density at radius 2 is 1.59 bits per heavy atom. The van der Waals surface area contributed by atoms with Crippen LogP contribution in [0.15, 0.2) is 94.2 Å². The number of fused-ring (bicyclic) bond motifs is 2. The van der Waals surface area contributed by atoms with Crippen LogP contribution in [0, 0.1) is 0 Å².